The van der Waals surface area contributed by atoms with Crippen LogP contribution in [-0.4, -0.2) is 30.3 Å². The number of hydrogen-bond donors (Lipinski definition) is 1. The lowest BCUT2D eigenvalue weighted by molar-refractivity contribution is -0.141. The topological polar surface area (TPSA) is 55.4 Å². The number of benzene rings is 1. The van der Waals surface area contributed by atoms with E-state index in [4.69, 9.17) is 4.74 Å². The van der Waals surface area contributed by atoms with E-state index < -0.39 is 6.04 Å². The van der Waals surface area contributed by atoms with Gasteiger partial charge < -0.3 is 10.1 Å². The molecule has 0 aromatic heterocycles. The Bertz CT molecular complexity index is 407. The molecule has 1 heterocycles. The summed E-state index contributed by atoms with van der Waals surface area (Å²) in [5.41, 5.74) is 0. The number of thioether (sulfide) groups is 1. The maximum Gasteiger partial charge on any atom is 0.328 e. The van der Waals surface area contributed by atoms with Crippen molar-refractivity contribution >= 4 is 23.6 Å². The molecule has 5 heteroatoms. The third-order valence-corrected chi connectivity index (χ3v) is 3.40. The lowest BCUT2D eigenvalue weighted by Crippen LogP contribution is -2.38. The minimum Gasteiger partial charge on any atom is -0.464 e. The predicted molar refractivity (Wildman–Crippen MR) is 64.7 cm³/mol. The zero-order valence-electron chi connectivity index (χ0n) is 9.22. The summed E-state index contributed by atoms with van der Waals surface area (Å²) in [5.74, 6) is -0.154. The molecule has 1 aliphatic heterocycles. The van der Waals surface area contributed by atoms with Crippen LogP contribution >= 0.6 is 11.8 Å². The number of carbonyl (C=O) groups excluding carboxylic acids is 2. The standard InChI is InChI=1S/C12H13NO3S/c14-11(13-10-6-7-16-12(10)15)8-17-9-4-2-1-3-5-9/h1-5,10H,6-8H2,(H,13,14). The molecule has 1 aromatic carbocycles. The molecule has 0 radical (unpaired) electrons. The van der Waals surface area contributed by atoms with E-state index >= 15 is 0 Å². The highest BCUT2D eigenvalue weighted by molar-refractivity contribution is 8.00. The summed E-state index contributed by atoms with van der Waals surface area (Å²) in [7, 11) is 0. The highest BCUT2D eigenvalue weighted by atomic mass is 32.2. The fourth-order valence-corrected chi connectivity index (χ4v) is 2.26. The van der Waals surface area contributed by atoms with Crippen molar-refractivity contribution in [3.05, 3.63) is 30.3 Å². The second-order valence-electron chi connectivity index (χ2n) is 3.68. The van der Waals surface area contributed by atoms with Crippen LogP contribution in [0.1, 0.15) is 6.42 Å². The highest BCUT2D eigenvalue weighted by Gasteiger charge is 2.27. The number of rotatable bonds is 4. The number of esters is 1. The van der Waals surface area contributed by atoms with E-state index in [1.165, 1.54) is 11.8 Å². The van der Waals surface area contributed by atoms with Crippen molar-refractivity contribution in [2.24, 2.45) is 0 Å². The molecule has 1 aromatic rings. The second-order valence-corrected chi connectivity index (χ2v) is 4.73. The zero-order valence-corrected chi connectivity index (χ0v) is 10.0. The highest BCUT2D eigenvalue weighted by Crippen LogP contribution is 2.16. The molecule has 2 rings (SSSR count). The van der Waals surface area contributed by atoms with E-state index in [1.54, 1.807) is 0 Å². The van der Waals surface area contributed by atoms with E-state index in [-0.39, 0.29) is 11.9 Å². The molecule has 0 bridgehead atoms. The number of ether oxygens (including phenoxy) is 1. The van der Waals surface area contributed by atoms with Gasteiger partial charge >= 0.3 is 5.97 Å². The average molecular weight is 251 g/mol. The second kappa shape index (κ2) is 5.72. The van der Waals surface area contributed by atoms with Gasteiger partial charge in [-0.2, -0.15) is 0 Å². The molecule has 1 aliphatic rings. The Labute approximate surface area is 104 Å². The van der Waals surface area contributed by atoms with Crippen molar-refractivity contribution in [1.82, 2.24) is 5.32 Å². The molecular weight excluding hydrogens is 238 g/mol. The number of nitrogens with one attached hydrogen (secondary N) is 1. The third kappa shape index (κ3) is 3.49. The lowest BCUT2D eigenvalue weighted by atomic mass is 10.2. The number of carbonyl (C=O) groups is 2. The van der Waals surface area contributed by atoms with Gasteiger partial charge in [-0.3, -0.25) is 4.79 Å². The normalized spacial score (nSPS) is 18.8. The number of cyclic esters (lactones) is 1. The lowest BCUT2D eigenvalue weighted by Gasteiger charge is -2.08. The van der Waals surface area contributed by atoms with Crippen molar-refractivity contribution in [2.45, 2.75) is 17.4 Å². The van der Waals surface area contributed by atoms with Crippen molar-refractivity contribution in [3.8, 4) is 0 Å². The molecular formula is C12H13NO3S. The maximum absolute atomic E-state index is 11.6. The van der Waals surface area contributed by atoms with Crippen LogP contribution in [0.15, 0.2) is 35.2 Å². The van der Waals surface area contributed by atoms with Gasteiger partial charge in [-0.1, -0.05) is 18.2 Å². The maximum atomic E-state index is 11.6. The van der Waals surface area contributed by atoms with Crippen LogP contribution in [0.4, 0.5) is 0 Å². The summed E-state index contributed by atoms with van der Waals surface area (Å²) in [6.45, 7) is 0.398. The molecule has 17 heavy (non-hydrogen) atoms. The molecule has 1 fully saturated rings. The van der Waals surface area contributed by atoms with Crippen LogP contribution in [0.25, 0.3) is 0 Å². The van der Waals surface area contributed by atoms with Crippen LogP contribution in [-0.2, 0) is 14.3 Å². The van der Waals surface area contributed by atoms with Crippen LogP contribution in [0, 0.1) is 0 Å². The molecule has 1 unspecified atom stereocenters. The first-order valence-electron chi connectivity index (χ1n) is 5.39. The first-order valence-corrected chi connectivity index (χ1v) is 6.38. The first-order chi connectivity index (χ1) is 8.25. The van der Waals surface area contributed by atoms with Crippen molar-refractivity contribution < 1.29 is 14.3 Å². The number of amides is 1. The summed E-state index contributed by atoms with van der Waals surface area (Å²) >= 11 is 1.45. The molecule has 1 atom stereocenters. The van der Waals surface area contributed by atoms with Gasteiger partial charge in [-0.25, -0.2) is 4.79 Å². The summed E-state index contributed by atoms with van der Waals surface area (Å²) in [6.07, 6.45) is 0.570. The Morgan fingerprint density at radius 2 is 2.18 bits per heavy atom. The van der Waals surface area contributed by atoms with Crippen LogP contribution < -0.4 is 5.32 Å². The van der Waals surface area contributed by atoms with Gasteiger partial charge in [0.2, 0.25) is 5.91 Å². The van der Waals surface area contributed by atoms with Gasteiger partial charge in [0.1, 0.15) is 6.04 Å². The van der Waals surface area contributed by atoms with E-state index in [9.17, 15) is 9.59 Å². The SMILES string of the molecule is O=C(CSc1ccccc1)NC1CCOC1=O. The summed E-state index contributed by atoms with van der Waals surface area (Å²) in [4.78, 5) is 23.8. The molecule has 0 saturated carbocycles. The van der Waals surface area contributed by atoms with E-state index in [0.29, 0.717) is 18.8 Å². The fraction of sp³-hybridized carbons (Fsp3) is 0.333. The van der Waals surface area contributed by atoms with E-state index in [0.717, 1.165) is 4.90 Å². The Hall–Kier alpha value is -1.49. The van der Waals surface area contributed by atoms with Gasteiger partial charge in [-0.05, 0) is 12.1 Å². The summed E-state index contributed by atoms with van der Waals surface area (Å²) in [6, 6.07) is 9.21. The third-order valence-electron chi connectivity index (χ3n) is 2.38. The smallest absolute Gasteiger partial charge is 0.328 e. The molecule has 4 nitrogen and oxygen atoms in total. The van der Waals surface area contributed by atoms with Crippen LogP contribution in [0.2, 0.25) is 0 Å². The van der Waals surface area contributed by atoms with Gasteiger partial charge in [0.25, 0.3) is 0 Å². The van der Waals surface area contributed by atoms with Crippen molar-refractivity contribution in [3.63, 3.8) is 0 Å². The van der Waals surface area contributed by atoms with Crippen molar-refractivity contribution in [2.75, 3.05) is 12.4 Å². The van der Waals surface area contributed by atoms with Crippen molar-refractivity contribution in [1.29, 1.82) is 0 Å². The van der Waals surface area contributed by atoms with E-state index in [2.05, 4.69) is 5.32 Å². The molecule has 0 spiro atoms. The summed E-state index contributed by atoms with van der Waals surface area (Å²) in [5, 5.41) is 2.66. The Morgan fingerprint density at radius 1 is 1.41 bits per heavy atom. The Balaban J connectivity index is 1.76. The quantitative estimate of drug-likeness (QED) is 0.645. The van der Waals surface area contributed by atoms with Gasteiger partial charge in [0, 0.05) is 11.3 Å². The van der Waals surface area contributed by atoms with Gasteiger partial charge in [0.05, 0.1) is 12.4 Å². The molecule has 1 amide bonds. The zero-order chi connectivity index (χ0) is 12.1. The minimum absolute atomic E-state index is 0.136. The van der Waals surface area contributed by atoms with E-state index in [1.807, 2.05) is 30.3 Å². The summed E-state index contributed by atoms with van der Waals surface area (Å²) < 4.78 is 4.77. The van der Waals surface area contributed by atoms with Crippen LogP contribution in [0.3, 0.4) is 0 Å². The number of hydrogen-bond acceptors (Lipinski definition) is 4. The minimum atomic E-state index is -0.459. The molecule has 1 N–H and O–H groups in total. The van der Waals surface area contributed by atoms with Gasteiger partial charge in [0.15, 0.2) is 0 Å². The molecule has 90 valence electrons. The van der Waals surface area contributed by atoms with Gasteiger partial charge in [-0.15, -0.1) is 11.8 Å². The van der Waals surface area contributed by atoms with Crippen LogP contribution in [0.5, 0.6) is 0 Å². The largest absolute Gasteiger partial charge is 0.464 e. The molecule has 1 saturated heterocycles. The first kappa shape index (κ1) is 12.0. The Kier molecular flexibility index (Phi) is 4.03. The average Bonchev–Trinajstić information content (AvgIpc) is 2.74. The predicted octanol–water partition coefficient (Wildman–Crippen LogP) is 1.21. The molecule has 0 aliphatic carbocycles. The monoisotopic (exact) mass is 251 g/mol. The Morgan fingerprint density at radius 3 is 2.82 bits per heavy atom. The fourth-order valence-electron chi connectivity index (χ4n) is 1.53.